The van der Waals surface area contributed by atoms with E-state index in [4.69, 9.17) is 4.74 Å². The molecule has 6 aromatic rings. The SMILES string of the molecule is Cc1ccc(-n2nc(C(F)(F)F)cc2OCc2nc3c4cnn(-c5ccccc5)c4ncn3n2)cc1. The van der Waals surface area contributed by atoms with Crippen LogP contribution in [0, 0.1) is 6.92 Å². The van der Waals surface area contributed by atoms with Crippen molar-refractivity contribution < 1.29 is 17.9 Å². The van der Waals surface area contributed by atoms with Crippen LogP contribution in [0.3, 0.4) is 0 Å². The van der Waals surface area contributed by atoms with Gasteiger partial charge >= 0.3 is 6.18 Å². The molecule has 0 amide bonds. The minimum Gasteiger partial charge on any atom is -0.469 e. The van der Waals surface area contributed by atoms with Gasteiger partial charge in [-0.25, -0.2) is 23.8 Å². The van der Waals surface area contributed by atoms with Crippen LogP contribution in [-0.4, -0.2) is 39.1 Å². The van der Waals surface area contributed by atoms with E-state index in [0.29, 0.717) is 22.4 Å². The number of fused-ring (bicyclic) bond motifs is 3. The Bertz CT molecular complexity index is 1680. The Morgan fingerprint density at radius 1 is 0.889 bits per heavy atom. The summed E-state index contributed by atoms with van der Waals surface area (Å²) < 4.78 is 50.1. The van der Waals surface area contributed by atoms with E-state index in [9.17, 15) is 13.2 Å². The molecule has 4 aromatic heterocycles. The van der Waals surface area contributed by atoms with Crippen LogP contribution >= 0.6 is 0 Å². The van der Waals surface area contributed by atoms with Crippen LogP contribution in [0.25, 0.3) is 28.1 Å². The lowest BCUT2D eigenvalue weighted by atomic mass is 10.2. The second-order valence-corrected chi connectivity index (χ2v) is 8.07. The van der Waals surface area contributed by atoms with E-state index >= 15 is 0 Å². The quantitative estimate of drug-likeness (QED) is 0.352. The number of halogens is 3. The summed E-state index contributed by atoms with van der Waals surface area (Å²) in [6.45, 7) is 1.71. The summed E-state index contributed by atoms with van der Waals surface area (Å²) in [5.74, 6) is 0.187. The van der Waals surface area contributed by atoms with E-state index in [2.05, 4.69) is 25.3 Å². The van der Waals surface area contributed by atoms with Crippen LogP contribution in [0.1, 0.15) is 17.1 Å². The molecule has 0 atom stereocenters. The molecule has 6 rings (SSSR count). The number of hydrogen-bond acceptors (Lipinski definition) is 6. The monoisotopic (exact) mass is 490 g/mol. The fraction of sp³-hybridized carbons (Fsp3) is 0.125. The van der Waals surface area contributed by atoms with E-state index in [1.165, 1.54) is 10.8 Å². The standard InChI is InChI=1S/C24H17F3N8O/c1-15-7-9-17(10-8-15)34-21(11-19(31-34)24(25,26)27)36-13-20-30-23-18-12-29-35(16-5-3-2-4-6-16)22(18)28-14-33(23)32-20/h2-12,14H,13H2,1H3. The number of hydrogen-bond donors (Lipinski definition) is 0. The van der Waals surface area contributed by atoms with E-state index in [1.807, 2.05) is 37.3 Å². The molecule has 2 aromatic carbocycles. The molecule has 0 N–H and O–H groups in total. The summed E-state index contributed by atoms with van der Waals surface area (Å²) in [6, 6.07) is 17.3. The molecule has 9 nitrogen and oxygen atoms in total. The first-order valence-electron chi connectivity index (χ1n) is 10.9. The lowest BCUT2D eigenvalue weighted by Gasteiger charge is -2.08. The Morgan fingerprint density at radius 2 is 1.64 bits per heavy atom. The molecule has 0 radical (unpaired) electrons. The zero-order chi connectivity index (χ0) is 24.9. The van der Waals surface area contributed by atoms with Crippen molar-refractivity contribution in [1.29, 1.82) is 0 Å². The van der Waals surface area contributed by atoms with Crippen LogP contribution in [-0.2, 0) is 12.8 Å². The smallest absolute Gasteiger partial charge is 0.435 e. The van der Waals surface area contributed by atoms with E-state index in [-0.39, 0.29) is 18.3 Å². The number of rotatable bonds is 5. The molecule has 0 aliphatic rings. The van der Waals surface area contributed by atoms with Crippen molar-refractivity contribution >= 4 is 16.7 Å². The third-order valence-electron chi connectivity index (χ3n) is 5.54. The Kier molecular flexibility index (Phi) is 4.95. The predicted octanol–water partition coefficient (Wildman–Crippen LogP) is 4.56. The summed E-state index contributed by atoms with van der Waals surface area (Å²) in [5, 5.41) is 13.2. The molecule has 0 unspecified atom stereocenters. The van der Waals surface area contributed by atoms with Gasteiger partial charge < -0.3 is 4.74 Å². The molecule has 4 heterocycles. The lowest BCUT2D eigenvalue weighted by molar-refractivity contribution is -0.141. The van der Waals surface area contributed by atoms with Gasteiger partial charge in [-0.2, -0.15) is 23.4 Å². The number of aromatic nitrogens is 8. The number of alkyl halides is 3. The molecule has 0 aliphatic carbocycles. The van der Waals surface area contributed by atoms with Gasteiger partial charge in [0, 0.05) is 6.07 Å². The second kappa shape index (κ2) is 8.18. The molecule has 0 saturated heterocycles. The molecule has 36 heavy (non-hydrogen) atoms. The first-order valence-corrected chi connectivity index (χ1v) is 10.9. The number of ether oxygens (including phenoxy) is 1. The van der Waals surface area contributed by atoms with Gasteiger partial charge in [-0.3, -0.25) is 0 Å². The minimum atomic E-state index is -4.62. The normalized spacial score (nSPS) is 12.0. The van der Waals surface area contributed by atoms with Gasteiger partial charge in [0.25, 0.3) is 0 Å². The summed E-state index contributed by atoms with van der Waals surface area (Å²) >= 11 is 0. The Balaban J connectivity index is 1.33. The van der Waals surface area contributed by atoms with Crippen LogP contribution in [0.2, 0.25) is 0 Å². The van der Waals surface area contributed by atoms with Crippen molar-refractivity contribution in [2.24, 2.45) is 0 Å². The number of aryl methyl sites for hydroxylation is 1. The number of nitrogens with zero attached hydrogens (tertiary/aromatic N) is 8. The third kappa shape index (κ3) is 3.82. The van der Waals surface area contributed by atoms with Crippen molar-refractivity contribution in [3.63, 3.8) is 0 Å². The van der Waals surface area contributed by atoms with Crippen molar-refractivity contribution in [2.45, 2.75) is 19.7 Å². The van der Waals surface area contributed by atoms with Gasteiger partial charge in [0.05, 0.1) is 23.0 Å². The summed E-state index contributed by atoms with van der Waals surface area (Å²) in [6.07, 6.45) is -1.47. The van der Waals surface area contributed by atoms with Gasteiger partial charge in [-0.15, -0.1) is 5.10 Å². The first kappa shape index (κ1) is 21.8. The molecular formula is C24H17F3N8O. The van der Waals surface area contributed by atoms with E-state index in [1.54, 1.807) is 35.1 Å². The van der Waals surface area contributed by atoms with Crippen LogP contribution in [0.15, 0.2) is 73.2 Å². The molecule has 0 fully saturated rings. The third-order valence-corrected chi connectivity index (χ3v) is 5.54. The molecular weight excluding hydrogens is 473 g/mol. The molecule has 0 aliphatic heterocycles. The van der Waals surface area contributed by atoms with Gasteiger partial charge in [0.2, 0.25) is 5.88 Å². The summed E-state index contributed by atoms with van der Waals surface area (Å²) in [4.78, 5) is 8.96. The molecule has 0 saturated carbocycles. The largest absolute Gasteiger partial charge is 0.469 e. The van der Waals surface area contributed by atoms with Crippen LogP contribution < -0.4 is 4.74 Å². The summed E-state index contributed by atoms with van der Waals surface area (Å²) in [5.41, 5.74) is 2.30. The average molecular weight is 490 g/mol. The maximum atomic E-state index is 13.4. The van der Waals surface area contributed by atoms with Crippen molar-refractivity contribution in [2.75, 3.05) is 0 Å². The topological polar surface area (TPSA) is 88.0 Å². The Labute approximate surface area is 201 Å². The first-order chi connectivity index (χ1) is 17.4. The maximum absolute atomic E-state index is 13.4. The molecule has 180 valence electrons. The fourth-order valence-electron chi connectivity index (χ4n) is 3.80. The van der Waals surface area contributed by atoms with Gasteiger partial charge in [-0.05, 0) is 31.2 Å². The lowest BCUT2D eigenvalue weighted by Crippen LogP contribution is -2.07. The minimum absolute atomic E-state index is 0.0785. The fourth-order valence-corrected chi connectivity index (χ4v) is 3.80. The molecule has 0 spiro atoms. The molecule has 12 heteroatoms. The van der Waals surface area contributed by atoms with Gasteiger partial charge in [0.1, 0.15) is 6.33 Å². The van der Waals surface area contributed by atoms with E-state index < -0.39 is 11.9 Å². The predicted molar refractivity (Wildman–Crippen MR) is 123 cm³/mol. The zero-order valence-electron chi connectivity index (χ0n) is 18.8. The number of benzene rings is 2. The van der Waals surface area contributed by atoms with Crippen molar-refractivity contribution in [3.8, 4) is 17.3 Å². The highest BCUT2D eigenvalue weighted by Gasteiger charge is 2.35. The highest BCUT2D eigenvalue weighted by Crippen LogP contribution is 2.32. The Hall–Kier alpha value is -4.74. The number of para-hydroxylation sites is 1. The van der Waals surface area contributed by atoms with Crippen molar-refractivity contribution in [1.82, 2.24) is 39.1 Å². The molecule has 0 bridgehead atoms. The zero-order valence-corrected chi connectivity index (χ0v) is 18.8. The van der Waals surface area contributed by atoms with Gasteiger partial charge in [0.15, 0.2) is 29.4 Å². The van der Waals surface area contributed by atoms with Crippen LogP contribution in [0.4, 0.5) is 13.2 Å². The second-order valence-electron chi connectivity index (χ2n) is 8.07. The Morgan fingerprint density at radius 3 is 2.39 bits per heavy atom. The van der Waals surface area contributed by atoms with Gasteiger partial charge in [-0.1, -0.05) is 35.9 Å². The average Bonchev–Trinajstić information content (AvgIpc) is 3.59. The van der Waals surface area contributed by atoms with E-state index in [0.717, 1.165) is 22.0 Å². The highest BCUT2D eigenvalue weighted by molar-refractivity contribution is 5.89. The maximum Gasteiger partial charge on any atom is 0.435 e. The summed E-state index contributed by atoms with van der Waals surface area (Å²) in [7, 11) is 0. The highest BCUT2D eigenvalue weighted by atomic mass is 19.4. The van der Waals surface area contributed by atoms with Crippen molar-refractivity contribution in [3.05, 3.63) is 90.3 Å². The van der Waals surface area contributed by atoms with Crippen LogP contribution in [0.5, 0.6) is 5.88 Å².